The number of aromatic nitrogens is 2. The Morgan fingerprint density at radius 3 is 2.51 bits per heavy atom. The summed E-state index contributed by atoms with van der Waals surface area (Å²) in [6.45, 7) is 3.01. The zero-order chi connectivity index (χ0) is 25.0. The Hall–Kier alpha value is -2.18. The Kier molecular flexibility index (Phi) is 6.33. The fourth-order valence-electron chi connectivity index (χ4n) is 5.18. The molecule has 6 nitrogen and oxygen atoms in total. The molecule has 1 aromatic carbocycles. The standard InChI is InChI=1S/C24H26F4IN5O/c1-14-10-19(32-22(30-14)33-8-5-24(27,28)6-9-33)31-20(35)17-3-2-16(29)11-18(17)34-7-4-23(21(25)26)12-15(23)13-34/h2-3,10-11,15,21H,4-9,12-13H2,1H3,(H,30,31,32,35)/t15-,23+/m1/s1. The van der Waals surface area contributed by atoms with Gasteiger partial charge in [-0.15, -0.1) is 0 Å². The summed E-state index contributed by atoms with van der Waals surface area (Å²) in [7, 11) is 0. The van der Waals surface area contributed by atoms with Crippen LogP contribution in [-0.2, 0) is 0 Å². The van der Waals surface area contributed by atoms with Gasteiger partial charge in [0.05, 0.1) is 11.3 Å². The molecule has 1 aromatic heterocycles. The molecule has 11 heteroatoms. The summed E-state index contributed by atoms with van der Waals surface area (Å²) in [5.41, 5.74) is 0.909. The molecule has 1 aliphatic carbocycles. The lowest BCUT2D eigenvalue weighted by Crippen LogP contribution is -2.40. The molecule has 0 unspecified atom stereocenters. The van der Waals surface area contributed by atoms with Crippen molar-refractivity contribution >= 4 is 46.0 Å². The lowest BCUT2D eigenvalue weighted by molar-refractivity contribution is -0.0222. The van der Waals surface area contributed by atoms with Gasteiger partial charge in [0.25, 0.3) is 11.8 Å². The predicted octanol–water partition coefficient (Wildman–Crippen LogP) is 5.36. The summed E-state index contributed by atoms with van der Waals surface area (Å²) in [6.07, 6.45) is -1.90. The van der Waals surface area contributed by atoms with E-state index in [1.54, 1.807) is 24.0 Å². The number of carbonyl (C=O) groups is 1. The number of piperidine rings is 2. The summed E-state index contributed by atoms with van der Waals surface area (Å²) < 4.78 is 55.0. The van der Waals surface area contributed by atoms with Crippen LogP contribution in [0.4, 0.5) is 35.0 Å². The minimum absolute atomic E-state index is 0.0611. The number of carbonyl (C=O) groups excluding carboxylic acids is 1. The molecule has 3 fully saturated rings. The molecule has 3 aliphatic rings. The topological polar surface area (TPSA) is 61.4 Å². The molecule has 1 saturated carbocycles. The van der Waals surface area contributed by atoms with Gasteiger partial charge in [-0.3, -0.25) is 4.79 Å². The number of nitrogens with zero attached hydrogens (tertiary/aromatic N) is 4. The summed E-state index contributed by atoms with van der Waals surface area (Å²) in [6, 6.07) is 7.09. The van der Waals surface area contributed by atoms with Gasteiger partial charge in [0.15, 0.2) is 0 Å². The molecule has 0 bridgehead atoms. The van der Waals surface area contributed by atoms with E-state index in [1.807, 2.05) is 17.0 Å². The van der Waals surface area contributed by atoms with E-state index in [1.165, 1.54) is 0 Å². The number of hydrogen-bond acceptors (Lipinski definition) is 5. The van der Waals surface area contributed by atoms with E-state index in [4.69, 9.17) is 0 Å². The molecule has 2 saturated heterocycles. The first-order chi connectivity index (χ1) is 16.6. The van der Waals surface area contributed by atoms with Gasteiger partial charge in [-0.25, -0.2) is 22.5 Å². The number of anilines is 3. The van der Waals surface area contributed by atoms with Crippen LogP contribution in [0.3, 0.4) is 0 Å². The zero-order valence-electron chi connectivity index (χ0n) is 19.2. The minimum Gasteiger partial charge on any atom is -0.371 e. The van der Waals surface area contributed by atoms with Crippen molar-refractivity contribution in [1.82, 2.24) is 9.97 Å². The molecular weight excluding hydrogens is 577 g/mol. The molecule has 2 atom stereocenters. The SMILES string of the molecule is Cc1cc(NC(=O)c2ccc(I)cc2N2CC[C@]3(C(F)F)C[C@@H]3C2)nc(N2CCC(F)(F)CC2)n1. The average molecular weight is 603 g/mol. The number of aryl methyl sites for hydroxylation is 1. The number of benzene rings is 1. The number of fused-ring (bicyclic) bond motifs is 1. The highest BCUT2D eigenvalue weighted by atomic mass is 127. The first-order valence-corrected chi connectivity index (χ1v) is 12.8. The van der Waals surface area contributed by atoms with Gasteiger partial charge in [-0.2, -0.15) is 4.98 Å². The third-order valence-corrected chi connectivity index (χ3v) is 8.08. The van der Waals surface area contributed by atoms with E-state index in [-0.39, 0.29) is 43.6 Å². The van der Waals surface area contributed by atoms with Gasteiger partial charge in [-0.05, 0) is 66.5 Å². The van der Waals surface area contributed by atoms with Crippen LogP contribution in [-0.4, -0.2) is 54.4 Å². The van der Waals surface area contributed by atoms with Crippen molar-refractivity contribution in [3.63, 3.8) is 0 Å². The van der Waals surface area contributed by atoms with E-state index in [9.17, 15) is 22.4 Å². The van der Waals surface area contributed by atoms with Crippen LogP contribution < -0.4 is 15.1 Å². The maximum absolute atomic E-state index is 13.6. The van der Waals surface area contributed by atoms with Crippen LogP contribution in [0.1, 0.15) is 41.7 Å². The highest BCUT2D eigenvalue weighted by molar-refractivity contribution is 14.1. The Morgan fingerprint density at radius 2 is 1.83 bits per heavy atom. The van der Waals surface area contributed by atoms with Gasteiger partial charge in [0.2, 0.25) is 12.4 Å². The third-order valence-electron chi connectivity index (χ3n) is 7.41. The second kappa shape index (κ2) is 9.04. The number of amides is 1. The van der Waals surface area contributed by atoms with E-state index < -0.39 is 17.8 Å². The van der Waals surface area contributed by atoms with Crippen molar-refractivity contribution in [2.24, 2.45) is 11.3 Å². The van der Waals surface area contributed by atoms with Crippen molar-refractivity contribution in [2.75, 3.05) is 41.3 Å². The smallest absolute Gasteiger partial charge is 0.258 e. The molecule has 0 radical (unpaired) electrons. The van der Waals surface area contributed by atoms with E-state index in [0.29, 0.717) is 48.8 Å². The van der Waals surface area contributed by atoms with Crippen LogP contribution in [0.25, 0.3) is 0 Å². The Labute approximate surface area is 214 Å². The minimum atomic E-state index is -2.68. The van der Waals surface area contributed by atoms with Crippen molar-refractivity contribution < 1.29 is 22.4 Å². The monoisotopic (exact) mass is 603 g/mol. The number of nitrogens with one attached hydrogen (secondary N) is 1. The van der Waals surface area contributed by atoms with Crippen LogP contribution in [0.5, 0.6) is 0 Å². The van der Waals surface area contributed by atoms with Gasteiger partial charge >= 0.3 is 0 Å². The molecule has 2 aromatic rings. The van der Waals surface area contributed by atoms with Crippen molar-refractivity contribution in [2.45, 2.75) is 45.0 Å². The van der Waals surface area contributed by atoms with E-state index >= 15 is 0 Å². The normalized spacial score (nSPS) is 25.4. The summed E-state index contributed by atoms with van der Waals surface area (Å²) in [5, 5.41) is 2.83. The van der Waals surface area contributed by atoms with Crippen LogP contribution in [0, 0.1) is 21.8 Å². The lowest BCUT2D eigenvalue weighted by atomic mass is 9.95. The molecule has 3 heterocycles. The van der Waals surface area contributed by atoms with E-state index in [2.05, 4.69) is 37.9 Å². The van der Waals surface area contributed by atoms with Crippen molar-refractivity contribution in [3.8, 4) is 0 Å². The maximum Gasteiger partial charge on any atom is 0.258 e. The predicted molar refractivity (Wildman–Crippen MR) is 134 cm³/mol. The molecule has 1 amide bonds. The second-order valence-corrected chi connectivity index (χ2v) is 11.0. The third kappa shape index (κ3) is 4.92. The summed E-state index contributed by atoms with van der Waals surface area (Å²) >= 11 is 2.17. The number of alkyl halides is 4. The Bertz CT molecular complexity index is 1140. The molecule has 1 N–H and O–H groups in total. The highest BCUT2D eigenvalue weighted by Crippen LogP contribution is 2.61. The second-order valence-electron chi connectivity index (χ2n) is 9.78. The maximum atomic E-state index is 13.6. The number of halogens is 5. The molecule has 188 valence electrons. The van der Waals surface area contributed by atoms with Crippen molar-refractivity contribution in [3.05, 3.63) is 39.1 Å². The Balaban J connectivity index is 1.34. The van der Waals surface area contributed by atoms with Crippen molar-refractivity contribution in [1.29, 1.82) is 0 Å². The van der Waals surface area contributed by atoms with Gasteiger partial charge in [-0.1, -0.05) is 0 Å². The number of hydrogen-bond donors (Lipinski definition) is 1. The molecule has 0 spiro atoms. The summed E-state index contributed by atoms with van der Waals surface area (Å²) in [4.78, 5) is 25.8. The fraction of sp³-hybridized carbons (Fsp3) is 0.542. The largest absolute Gasteiger partial charge is 0.371 e. The number of rotatable bonds is 5. The molecule has 35 heavy (non-hydrogen) atoms. The quantitative estimate of drug-likeness (QED) is 0.369. The summed E-state index contributed by atoms with van der Waals surface area (Å²) in [5.74, 6) is -2.51. The molecule has 5 rings (SSSR count). The molecule has 2 aliphatic heterocycles. The lowest BCUT2D eigenvalue weighted by Gasteiger charge is -2.34. The average Bonchev–Trinajstić information content (AvgIpc) is 3.54. The van der Waals surface area contributed by atoms with Gasteiger partial charge < -0.3 is 15.1 Å². The zero-order valence-corrected chi connectivity index (χ0v) is 21.4. The molecular formula is C24H26F4IN5O. The van der Waals surface area contributed by atoms with E-state index in [0.717, 1.165) is 3.57 Å². The first-order valence-electron chi connectivity index (χ1n) is 11.7. The Morgan fingerprint density at radius 1 is 1.11 bits per heavy atom. The van der Waals surface area contributed by atoms with Crippen LogP contribution in [0.15, 0.2) is 24.3 Å². The van der Waals surface area contributed by atoms with Gasteiger partial charge in [0, 0.05) is 59.8 Å². The highest BCUT2D eigenvalue weighted by Gasteiger charge is 2.62. The van der Waals surface area contributed by atoms with Crippen LogP contribution >= 0.6 is 22.6 Å². The van der Waals surface area contributed by atoms with Crippen LogP contribution in [0.2, 0.25) is 0 Å². The van der Waals surface area contributed by atoms with Gasteiger partial charge in [0.1, 0.15) is 5.82 Å². The fourth-order valence-corrected chi connectivity index (χ4v) is 5.66. The first kappa shape index (κ1) is 24.5.